The number of carboxylic acid groups (broad SMARTS) is 2. The molecule has 0 bridgehead atoms. The molecule has 0 saturated carbocycles. The number of amides is 2. The number of aromatic carboxylic acids is 1. The zero-order valence-corrected chi connectivity index (χ0v) is 20.8. The van der Waals surface area contributed by atoms with Gasteiger partial charge >= 0.3 is 24.1 Å². The molecule has 200 valence electrons. The second-order valence-corrected chi connectivity index (χ2v) is 9.10. The predicted octanol–water partition coefficient (Wildman–Crippen LogP) is 3.23. The van der Waals surface area contributed by atoms with E-state index in [1.165, 1.54) is 18.2 Å². The second kappa shape index (κ2) is 11.4. The number of alkyl carbamates (subject to hydrolysis) is 1. The van der Waals surface area contributed by atoms with Crippen LogP contribution >= 0.6 is 0 Å². The number of carboxylic acids is 1. The number of ether oxygens (including phenoxy) is 2. The summed E-state index contributed by atoms with van der Waals surface area (Å²) in [6.07, 6.45) is -3.00. The maximum absolute atomic E-state index is 13.0. The van der Waals surface area contributed by atoms with Gasteiger partial charge in [0.15, 0.2) is 0 Å². The van der Waals surface area contributed by atoms with Crippen molar-refractivity contribution in [1.29, 1.82) is 0 Å². The van der Waals surface area contributed by atoms with Crippen LogP contribution in [0.15, 0.2) is 48.5 Å². The SMILES string of the molecule is CC(C)(C)OC(=O)NC(CC(=O)OCc1ccccc1)C(=O)Nc1ccc2c(c1)nc(C(=O)O)n2C(=O)O. The van der Waals surface area contributed by atoms with Gasteiger partial charge in [-0.1, -0.05) is 30.3 Å². The number of imidazole rings is 1. The number of carbonyl (C=O) groups is 5. The van der Waals surface area contributed by atoms with Crippen molar-refractivity contribution >= 4 is 46.8 Å². The molecular formula is C25H26N4O9. The van der Waals surface area contributed by atoms with E-state index in [-0.39, 0.29) is 23.3 Å². The summed E-state index contributed by atoms with van der Waals surface area (Å²) >= 11 is 0. The number of rotatable bonds is 8. The first-order valence-corrected chi connectivity index (χ1v) is 11.3. The van der Waals surface area contributed by atoms with E-state index in [1.807, 2.05) is 6.07 Å². The molecule has 3 rings (SSSR count). The van der Waals surface area contributed by atoms with E-state index < -0.39 is 53.9 Å². The average Bonchev–Trinajstić information content (AvgIpc) is 3.21. The van der Waals surface area contributed by atoms with E-state index in [9.17, 15) is 34.2 Å². The molecule has 1 aromatic heterocycles. The number of nitrogens with zero attached hydrogens (tertiary/aromatic N) is 2. The summed E-state index contributed by atoms with van der Waals surface area (Å²) in [7, 11) is 0. The summed E-state index contributed by atoms with van der Waals surface area (Å²) in [6, 6.07) is 11.3. The van der Waals surface area contributed by atoms with Gasteiger partial charge in [0.05, 0.1) is 17.5 Å². The maximum Gasteiger partial charge on any atom is 0.417 e. The second-order valence-electron chi connectivity index (χ2n) is 9.10. The van der Waals surface area contributed by atoms with E-state index in [0.717, 1.165) is 5.56 Å². The topological polar surface area (TPSA) is 186 Å². The third-order valence-electron chi connectivity index (χ3n) is 4.93. The molecule has 0 saturated heterocycles. The van der Waals surface area contributed by atoms with E-state index >= 15 is 0 Å². The first-order valence-electron chi connectivity index (χ1n) is 11.3. The van der Waals surface area contributed by atoms with Crippen LogP contribution in [0.5, 0.6) is 0 Å². The molecule has 0 aliphatic rings. The number of anilines is 1. The lowest BCUT2D eigenvalue weighted by atomic mass is 10.1. The minimum absolute atomic E-state index is 0.0125. The Kier molecular flexibility index (Phi) is 8.30. The molecule has 1 atom stereocenters. The van der Waals surface area contributed by atoms with Crippen LogP contribution in [0.4, 0.5) is 15.3 Å². The fraction of sp³-hybridized carbons (Fsp3) is 0.280. The van der Waals surface area contributed by atoms with Crippen LogP contribution in [0.25, 0.3) is 11.0 Å². The summed E-state index contributed by atoms with van der Waals surface area (Å²) in [6.45, 7) is 4.86. The smallest absolute Gasteiger partial charge is 0.417 e. The van der Waals surface area contributed by atoms with Gasteiger partial charge < -0.3 is 30.3 Å². The van der Waals surface area contributed by atoms with Gasteiger partial charge in [-0.2, -0.15) is 0 Å². The van der Waals surface area contributed by atoms with Gasteiger partial charge in [0.25, 0.3) is 0 Å². The van der Waals surface area contributed by atoms with Gasteiger partial charge in [-0.15, -0.1) is 0 Å². The molecule has 0 spiro atoms. The molecule has 0 fully saturated rings. The van der Waals surface area contributed by atoms with Crippen molar-refractivity contribution in [1.82, 2.24) is 14.9 Å². The Morgan fingerprint density at radius 2 is 1.71 bits per heavy atom. The van der Waals surface area contributed by atoms with Gasteiger partial charge in [-0.25, -0.2) is 23.9 Å². The third kappa shape index (κ3) is 7.29. The highest BCUT2D eigenvalue weighted by Gasteiger charge is 2.28. The normalized spacial score (nSPS) is 11.9. The van der Waals surface area contributed by atoms with Crippen LogP contribution in [-0.2, 0) is 25.7 Å². The van der Waals surface area contributed by atoms with Crippen molar-refractivity contribution in [2.75, 3.05) is 5.32 Å². The fourth-order valence-corrected chi connectivity index (χ4v) is 3.35. The first kappa shape index (κ1) is 27.6. The molecule has 2 amide bonds. The predicted molar refractivity (Wildman–Crippen MR) is 133 cm³/mol. The van der Waals surface area contributed by atoms with Gasteiger partial charge in [0.2, 0.25) is 11.7 Å². The Balaban J connectivity index is 1.79. The molecule has 13 nitrogen and oxygen atoms in total. The Hall–Kier alpha value is -4.94. The number of hydrogen-bond acceptors (Lipinski definition) is 8. The molecule has 38 heavy (non-hydrogen) atoms. The van der Waals surface area contributed by atoms with Crippen molar-refractivity contribution in [3.63, 3.8) is 0 Å². The van der Waals surface area contributed by atoms with Crippen molar-refractivity contribution in [2.45, 2.75) is 45.4 Å². The first-order chi connectivity index (χ1) is 17.8. The molecule has 1 unspecified atom stereocenters. The number of carbonyl (C=O) groups excluding carboxylic acids is 3. The van der Waals surface area contributed by atoms with Crippen LogP contribution < -0.4 is 10.6 Å². The number of esters is 1. The summed E-state index contributed by atoms with van der Waals surface area (Å²) < 4.78 is 10.9. The van der Waals surface area contributed by atoms with Crippen molar-refractivity contribution in [3.8, 4) is 0 Å². The molecule has 0 aliphatic carbocycles. The monoisotopic (exact) mass is 526 g/mol. The summed E-state index contributed by atoms with van der Waals surface area (Å²) in [5.41, 5.74) is -0.0448. The highest BCUT2D eigenvalue weighted by Crippen LogP contribution is 2.21. The van der Waals surface area contributed by atoms with Gasteiger partial charge in [-0.05, 0) is 44.5 Å². The van der Waals surface area contributed by atoms with E-state index in [1.54, 1.807) is 45.0 Å². The Bertz CT molecular complexity index is 1380. The summed E-state index contributed by atoms with van der Waals surface area (Å²) in [5, 5.41) is 23.5. The lowest BCUT2D eigenvalue weighted by Gasteiger charge is -2.23. The third-order valence-corrected chi connectivity index (χ3v) is 4.93. The van der Waals surface area contributed by atoms with Crippen LogP contribution in [-0.4, -0.2) is 61.4 Å². The number of benzene rings is 2. The van der Waals surface area contributed by atoms with Crippen LogP contribution in [0, 0.1) is 0 Å². The largest absolute Gasteiger partial charge is 0.475 e. The number of fused-ring (bicyclic) bond motifs is 1. The maximum atomic E-state index is 13.0. The summed E-state index contributed by atoms with van der Waals surface area (Å²) in [4.78, 5) is 64.5. The molecule has 0 aliphatic heterocycles. The van der Waals surface area contributed by atoms with Crippen LogP contribution in [0.2, 0.25) is 0 Å². The van der Waals surface area contributed by atoms with E-state index in [0.29, 0.717) is 4.57 Å². The minimum Gasteiger partial charge on any atom is -0.475 e. The van der Waals surface area contributed by atoms with Crippen molar-refractivity contribution < 1.29 is 43.7 Å². The van der Waals surface area contributed by atoms with Crippen LogP contribution in [0.1, 0.15) is 43.4 Å². The van der Waals surface area contributed by atoms with Gasteiger partial charge in [0, 0.05) is 5.69 Å². The molecule has 4 N–H and O–H groups in total. The Morgan fingerprint density at radius 3 is 2.32 bits per heavy atom. The number of nitrogens with one attached hydrogen (secondary N) is 2. The van der Waals surface area contributed by atoms with Gasteiger partial charge in [-0.3, -0.25) is 9.59 Å². The lowest BCUT2D eigenvalue weighted by molar-refractivity contribution is -0.146. The average molecular weight is 527 g/mol. The highest BCUT2D eigenvalue weighted by atomic mass is 16.6. The quantitative estimate of drug-likeness (QED) is 0.317. The molecule has 13 heteroatoms. The molecule has 2 aromatic carbocycles. The fourth-order valence-electron chi connectivity index (χ4n) is 3.35. The van der Waals surface area contributed by atoms with Crippen molar-refractivity contribution in [2.24, 2.45) is 0 Å². The molecule has 3 aromatic rings. The lowest BCUT2D eigenvalue weighted by Crippen LogP contribution is -2.47. The zero-order chi connectivity index (χ0) is 28.0. The standard InChI is InChI=1S/C25H26N4O9/c1-25(2,3)38-23(34)28-17(12-19(30)37-13-14-7-5-4-6-8-14)21(31)26-15-9-10-18-16(11-15)27-20(22(32)33)29(18)24(35)36/h4-11,17H,12-13H2,1-3H3,(H,26,31)(H,28,34)(H,32,33)(H,35,36). The van der Waals surface area contributed by atoms with Gasteiger partial charge in [0.1, 0.15) is 18.2 Å². The summed E-state index contributed by atoms with van der Waals surface area (Å²) in [5.74, 6) is -3.83. The highest BCUT2D eigenvalue weighted by molar-refractivity contribution is 6.01. The number of hydrogen-bond donors (Lipinski definition) is 4. The molecule has 0 radical (unpaired) electrons. The molecule has 1 heterocycles. The zero-order valence-electron chi connectivity index (χ0n) is 20.8. The Labute approximate surface area is 216 Å². The van der Waals surface area contributed by atoms with Crippen molar-refractivity contribution in [3.05, 3.63) is 59.9 Å². The minimum atomic E-state index is -1.55. The Morgan fingerprint density at radius 1 is 1.03 bits per heavy atom. The molecular weight excluding hydrogens is 500 g/mol. The van der Waals surface area contributed by atoms with E-state index in [4.69, 9.17) is 9.47 Å². The van der Waals surface area contributed by atoms with Crippen LogP contribution in [0.3, 0.4) is 0 Å². The number of aromatic nitrogens is 2. The van der Waals surface area contributed by atoms with E-state index in [2.05, 4.69) is 15.6 Å².